The van der Waals surface area contributed by atoms with Crippen LogP contribution in [0.2, 0.25) is 0 Å². The van der Waals surface area contributed by atoms with Crippen LogP contribution in [0, 0.1) is 17.5 Å². The van der Waals surface area contributed by atoms with E-state index in [0.717, 1.165) is 6.07 Å². The molecule has 172 valence electrons. The number of hydrogen-bond donors (Lipinski definition) is 1. The Labute approximate surface area is 183 Å². The summed E-state index contributed by atoms with van der Waals surface area (Å²) in [5, 5.41) is 2.14. The average molecular weight is 469 g/mol. The number of carbonyl (C=O) groups excluding carboxylic acids is 2. The summed E-state index contributed by atoms with van der Waals surface area (Å²) in [5.74, 6) is -5.80. The molecule has 0 bridgehead atoms. The van der Waals surface area contributed by atoms with Gasteiger partial charge in [-0.15, -0.1) is 0 Å². The summed E-state index contributed by atoms with van der Waals surface area (Å²) in [5.41, 5.74) is 0.159. The van der Waals surface area contributed by atoms with E-state index in [1.807, 2.05) is 0 Å². The molecule has 0 saturated carbocycles. The summed E-state index contributed by atoms with van der Waals surface area (Å²) < 4.78 is 65.6. The zero-order valence-corrected chi connectivity index (χ0v) is 18.1. The maximum Gasteiger partial charge on any atom is 0.254 e. The number of rotatable bonds is 7. The molecule has 1 heterocycles. The zero-order chi connectivity index (χ0) is 23.5. The minimum absolute atomic E-state index is 0.0750. The molecule has 0 unspecified atom stereocenters. The average Bonchev–Trinajstić information content (AvgIpc) is 3.12. The van der Waals surface area contributed by atoms with Crippen LogP contribution in [0.1, 0.15) is 30.1 Å². The second-order valence-electron chi connectivity index (χ2n) is 7.29. The summed E-state index contributed by atoms with van der Waals surface area (Å²) >= 11 is 0. The topological polar surface area (TPSA) is 86.8 Å². The van der Waals surface area contributed by atoms with Gasteiger partial charge < -0.3 is 10.2 Å². The minimum atomic E-state index is -3.35. The van der Waals surface area contributed by atoms with E-state index < -0.39 is 51.5 Å². The quantitative estimate of drug-likeness (QED) is 0.632. The van der Waals surface area contributed by atoms with Crippen molar-refractivity contribution in [1.29, 1.82) is 0 Å². The molecule has 1 aliphatic rings. The Balaban J connectivity index is 1.71. The molecular weight excluding hydrogens is 447 g/mol. The molecule has 2 aromatic carbocycles. The normalized spacial score (nSPS) is 14.9. The Morgan fingerprint density at radius 1 is 1.06 bits per heavy atom. The summed E-state index contributed by atoms with van der Waals surface area (Å²) in [6.07, 6.45) is 1.06. The maximum absolute atomic E-state index is 13.8. The lowest BCUT2D eigenvalue weighted by molar-refractivity contribution is -0.116. The smallest absolute Gasteiger partial charge is 0.254 e. The van der Waals surface area contributed by atoms with Crippen molar-refractivity contribution in [3.05, 3.63) is 59.4 Å². The van der Waals surface area contributed by atoms with Gasteiger partial charge in [-0.05, 0) is 49.2 Å². The molecule has 3 rings (SSSR count). The van der Waals surface area contributed by atoms with E-state index in [1.165, 1.54) is 33.5 Å². The SMILES string of the molecule is CCCN(CC(=O)Nc1ccc(F)c(F)c1F)C(=O)c1ccc(N2CCCS2(=O)=O)cc1. The first-order chi connectivity index (χ1) is 15.1. The van der Waals surface area contributed by atoms with Gasteiger partial charge in [-0.1, -0.05) is 6.92 Å². The van der Waals surface area contributed by atoms with E-state index in [-0.39, 0.29) is 17.9 Å². The fourth-order valence-electron chi connectivity index (χ4n) is 3.39. The van der Waals surface area contributed by atoms with Crippen LogP contribution in [0.3, 0.4) is 0 Å². The first-order valence-corrected chi connectivity index (χ1v) is 11.6. The molecule has 0 spiro atoms. The summed E-state index contributed by atoms with van der Waals surface area (Å²) in [7, 11) is -3.35. The first-order valence-electron chi connectivity index (χ1n) is 9.97. The second-order valence-corrected chi connectivity index (χ2v) is 9.30. The summed E-state index contributed by atoms with van der Waals surface area (Å²) in [6.45, 7) is 1.95. The van der Waals surface area contributed by atoms with Crippen LogP contribution >= 0.6 is 0 Å². The molecule has 0 aliphatic carbocycles. The summed E-state index contributed by atoms with van der Waals surface area (Å²) in [4.78, 5) is 26.4. The molecule has 1 aliphatic heterocycles. The Morgan fingerprint density at radius 2 is 1.75 bits per heavy atom. The fraction of sp³-hybridized carbons (Fsp3) is 0.333. The molecule has 32 heavy (non-hydrogen) atoms. The van der Waals surface area contributed by atoms with Crippen LogP contribution in [0.4, 0.5) is 24.5 Å². The van der Waals surface area contributed by atoms with Crippen molar-refractivity contribution in [2.24, 2.45) is 0 Å². The van der Waals surface area contributed by atoms with Crippen molar-refractivity contribution in [3.63, 3.8) is 0 Å². The molecule has 0 radical (unpaired) electrons. The Hall–Kier alpha value is -3.08. The highest BCUT2D eigenvalue weighted by molar-refractivity contribution is 7.93. The monoisotopic (exact) mass is 469 g/mol. The number of anilines is 2. The van der Waals surface area contributed by atoms with Gasteiger partial charge in [-0.25, -0.2) is 21.6 Å². The van der Waals surface area contributed by atoms with E-state index in [1.54, 1.807) is 6.92 Å². The number of sulfonamides is 1. The van der Waals surface area contributed by atoms with Crippen LogP contribution in [0.25, 0.3) is 0 Å². The standard InChI is InChI=1S/C21H22F3N3O4S/c1-2-10-26(13-18(28)25-17-9-8-16(22)19(23)20(17)24)21(29)14-4-6-15(7-5-14)27-11-3-12-32(27,30)31/h4-9H,2-3,10-13H2,1H3,(H,25,28). The maximum atomic E-state index is 13.8. The number of hydrogen-bond acceptors (Lipinski definition) is 4. The third-order valence-corrected chi connectivity index (χ3v) is 6.80. The van der Waals surface area contributed by atoms with E-state index in [0.29, 0.717) is 31.1 Å². The van der Waals surface area contributed by atoms with E-state index >= 15 is 0 Å². The molecule has 1 saturated heterocycles. The lowest BCUT2D eigenvalue weighted by Crippen LogP contribution is -2.38. The van der Waals surface area contributed by atoms with Gasteiger partial charge in [0.15, 0.2) is 17.5 Å². The molecule has 11 heteroatoms. The highest BCUT2D eigenvalue weighted by Gasteiger charge is 2.28. The number of amides is 2. The molecule has 1 fully saturated rings. The van der Waals surface area contributed by atoms with E-state index in [9.17, 15) is 31.2 Å². The molecule has 1 N–H and O–H groups in total. The van der Waals surface area contributed by atoms with Gasteiger partial charge in [0.1, 0.15) is 6.54 Å². The highest BCUT2D eigenvalue weighted by atomic mass is 32.2. The van der Waals surface area contributed by atoms with Gasteiger partial charge in [-0.3, -0.25) is 13.9 Å². The minimum Gasteiger partial charge on any atom is -0.329 e. The molecule has 0 atom stereocenters. The van der Waals surface area contributed by atoms with Crippen molar-refractivity contribution >= 4 is 33.2 Å². The molecule has 2 aromatic rings. The van der Waals surface area contributed by atoms with Crippen molar-refractivity contribution < 1.29 is 31.2 Å². The van der Waals surface area contributed by atoms with E-state index in [4.69, 9.17) is 0 Å². The zero-order valence-electron chi connectivity index (χ0n) is 17.3. The Kier molecular flexibility index (Phi) is 7.07. The van der Waals surface area contributed by atoms with Crippen molar-refractivity contribution in [2.75, 3.05) is 35.0 Å². The van der Waals surface area contributed by atoms with Crippen LogP contribution in [-0.2, 0) is 14.8 Å². The molecular formula is C21H22F3N3O4S. The van der Waals surface area contributed by atoms with Crippen molar-refractivity contribution in [3.8, 4) is 0 Å². The van der Waals surface area contributed by atoms with Gasteiger partial charge in [0.05, 0.1) is 17.1 Å². The van der Waals surface area contributed by atoms with Crippen LogP contribution in [0.5, 0.6) is 0 Å². The Morgan fingerprint density at radius 3 is 2.34 bits per heavy atom. The van der Waals surface area contributed by atoms with E-state index in [2.05, 4.69) is 5.32 Å². The highest BCUT2D eigenvalue weighted by Crippen LogP contribution is 2.24. The predicted molar refractivity (Wildman–Crippen MR) is 113 cm³/mol. The van der Waals surface area contributed by atoms with Gasteiger partial charge in [0, 0.05) is 18.7 Å². The first kappa shape index (κ1) is 23.6. The number of carbonyl (C=O) groups is 2. The molecule has 7 nitrogen and oxygen atoms in total. The fourth-order valence-corrected chi connectivity index (χ4v) is 4.95. The number of benzene rings is 2. The lowest BCUT2D eigenvalue weighted by Gasteiger charge is -2.22. The largest absolute Gasteiger partial charge is 0.329 e. The third-order valence-electron chi connectivity index (χ3n) is 4.93. The number of halogens is 3. The molecule has 0 aromatic heterocycles. The van der Waals surface area contributed by atoms with Crippen LogP contribution in [-0.4, -0.2) is 50.5 Å². The predicted octanol–water partition coefficient (Wildman–Crippen LogP) is 3.13. The van der Waals surface area contributed by atoms with Crippen LogP contribution < -0.4 is 9.62 Å². The van der Waals surface area contributed by atoms with Gasteiger partial charge in [0.2, 0.25) is 15.9 Å². The molecule has 2 amide bonds. The number of nitrogens with zero attached hydrogens (tertiary/aromatic N) is 2. The van der Waals surface area contributed by atoms with Crippen LogP contribution in [0.15, 0.2) is 36.4 Å². The second kappa shape index (κ2) is 9.60. The van der Waals surface area contributed by atoms with Crippen molar-refractivity contribution in [2.45, 2.75) is 19.8 Å². The number of nitrogens with one attached hydrogen (secondary N) is 1. The Bertz CT molecular complexity index is 1120. The van der Waals surface area contributed by atoms with Gasteiger partial charge >= 0.3 is 0 Å². The lowest BCUT2D eigenvalue weighted by atomic mass is 10.1. The summed E-state index contributed by atoms with van der Waals surface area (Å²) in [6, 6.07) is 7.57. The third kappa shape index (κ3) is 5.04. The van der Waals surface area contributed by atoms with Gasteiger partial charge in [-0.2, -0.15) is 0 Å². The van der Waals surface area contributed by atoms with Gasteiger partial charge in [0.25, 0.3) is 5.91 Å². The van der Waals surface area contributed by atoms with Crippen molar-refractivity contribution in [1.82, 2.24) is 4.90 Å².